The SMILES string of the molecule is O=c1[nH]nc(CN(CCCO)c2ccccc2)[nH]1. The van der Waals surface area contributed by atoms with Crippen LogP contribution in [0.4, 0.5) is 5.69 Å². The van der Waals surface area contributed by atoms with Gasteiger partial charge in [-0.2, -0.15) is 5.10 Å². The summed E-state index contributed by atoms with van der Waals surface area (Å²) in [6.45, 7) is 1.35. The minimum atomic E-state index is -0.305. The zero-order chi connectivity index (χ0) is 12.8. The van der Waals surface area contributed by atoms with E-state index in [-0.39, 0.29) is 12.3 Å². The summed E-state index contributed by atoms with van der Waals surface area (Å²) >= 11 is 0. The standard InChI is InChI=1S/C12H16N4O2/c17-8-4-7-16(10-5-2-1-3-6-10)9-11-13-12(18)15-14-11/h1-3,5-6,17H,4,7-9H2,(H2,13,14,15,18). The van der Waals surface area contributed by atoms with Gasteiger partial charge in [-0.1, -0.05) is 18.2 Å². The lowest BCUT2D eigenvalue weighted by molar-refractivity contribution is 0.289. The van der Waals surface area contributed by atoms with Gasteiger partial charge in [-0.05, 0) is 18.6 Å². The number of H-pyrrole nitrogens is 2. The Kier molecular flexibility index (Phi) is 4.14. The number of nitrogens with zero attached hydrogens (tertiary/aromatic N) is 2. The first-order valence-electron chi connectivity index (χ1n) is 5.84. The van der Waals surface area contributed by atoms with Crippen molar-refractivity contribution in [1.29, 1.82) is 0 Å². The van der Waals surface area contributed by atoms with E-state index in [2.05, 4.69) is 20.1 Å². The van der Waals surface area contributed by atoms with Crippen LogP contribution in [0, 0.1) is 0 Å². The largest absolute Gasteiger partial charge is 0.396 e. The van der Waals surface area contributed by atoms with Crippen LogP contribution in [0.1, 0.15) is 12.2 Å². The first-order valence-corrected chi connectivity index (χ1v) is 5.84. The van der Waals surface area contributed by atoms with Gasteiger partial charge in [0.25, 0.3) is 0 Å². The molecule has 0 atom stereocenters. The molecule has 0 spiro atoms. The van der Waals surface area contributed by atoms with Gasteiger partial charge in [0.05, 0.1) is 6.54 Å². The zero-order valence-electron chi connectivity index (χ0n) is 9.97. The summed E-state index contributed by atoms with van der Waals surface area (Å²) in [6.07, 6.45) is 0.670. The van der Waals surface area contributed by atoms with E-state index in [0.717, 1.165) is 5.69 Å². The molecule has 96 valence electrons. The van der Waals surface area contributed by atoms with Gasteiger partial charge in [-0.15, -0.1) is 0 Å². The Labute approximate surface area is 104 Å². The molecule has 0 aliphatic carbocycles. The van der Waals surface area contributed by atoms with Gasteiger partial charge in [-0.25, -0.2) is 9.89 Å². The number of hydrogen-bond acceptors (Lipinski definition) is 4. The highest BCUT2D eigenvalue weighted by atomic mass is 16.3. The maximum Gasteiger partial charge on any atom is 0.340 e. The highest BCUT2D eigenvalue weighted by molar-refractivity contribution is 5.45. The van der Waals surface area contributed by atoms with Gasteiger partial charge in [0, 0.05) is 18.8 Å². The Morgan fingerprint density at radius 1 is 1.28 bits per heavy atom. The number of aliphatic hydroxyl groups excluding tert-OH is 1. The van der Waals surface area contributed by atoms with Crippen molar-refractivity contribution in [3.8, 4) is 0 Å². The summed E-state index contributed by atoms with van der Waals surface area (Å²) < 4.78 is 0. The Balaban J connectivity index is 2.12. The summed E-state index contributed by atoms with van der Waals surface area (Å²) in [6, 6.07) is 9.83. The Morgan fingerprint density at radius 2 is 2.06 bits per heavy atom. The van der Waals surface area contributed by atoms with Crippen LogP contribution in [-0.2, 0) is 6.54 Å². The van der Waals surface area contributed by atoms with Crippen LogP contribution in [0.15, 0.2) is 35.1 Å². The lowest BCUT2D eigenvalue weighted by Crippen LogP contribution is -2.25. The first kappa shape index (κ1) is 12.4. The summed E-state index contributed by atoms with van der Waals surface area (Å²) in [7, 11) is 0. The van der Waals surface area contributed by atoms with E-state index < -0.39 is 0 Å². The van der Waals surface area contributed by atoms with Crippen molar-refractivity contribution in [2.75, 3.05) is 18.1 Å². The van der Waals surface area contributed by atoms with Crippen LogP contribution in [0.2, 0.25) is 0 Å². The second-order valence-corrected chi connectivity index (χ2v) is 3.96. The van der Waals surface area contributed by atoms with Crippen LogP contribution in [0.25, 0.3) is 0 Å². The number of anilines is 1. The molecule has 6 nitrogen and oxygen atoms in total. The van der Waals surface area contributed by atoms with Crippen LogP contribution in [0.5, 0.6) is 0 Å². The van der Waals surface area contributed by atoms with Crippen LogP contribution >= 0.6 is 0 Å². The van der Waals surface area contributed by atoms with E-state index in [4.69, 9.17) is 5.11 Å². The second kappa shape index (κ2) is 6.02. The molecule has 0 radical (unpaired) electrons. The molecule has 0 fully saturated rings. The van der Waals surface area contributed by atoms with E-state index in [0.29, 0.717) is 25.3 Å². The molecule has 0 amide bonds. The third-order valence-electron chi connectivity index (χ3n) is 2.60. The van der Waals surface area contributed by atoms with E-state index in [1.807, 2.05) is 30.3 Å². The minimum Gasteiger partial charge on any atom is -0.396 e. The molecule has 1 aromatic heterocycles. The maximum absolute atomic E-state index is 11.0. The van der Waals surface area contributed by atoms with E-state index in [9.17, 15) is 4.79 Å². The van der Waals surface area contributed by atoms with Gasteiger partial charge >= 0.3 is 5.69 Å². The topological polar surface area (TPSA) is 85.0 Å². The predicted octanol–water partition coefficient (Wildman–Crippen LogP) is 0.487. The van der Waals surface area contributed by atoms with Gasteiger partial charge < -0.3 is 10.0 Å². The highest BCUT2D eigenvalue weighted by Crippen LogP contribution is 2.15. The smallest absolute Gasteiger partial charge is 0.340 e. The first-order chi connectivity index (χ1) is 8.79. The predicted molar refractivity (Wildman–Crippen MR) is 68.4 cm³/mol. The number of benzene rings is 1. The fourth-order valence-corrected chi connectivity index (χ4v) is 1.76. The fourth-order valence-electron chi connectivity index (χ4n) is 1.76. The molecule has 1 aromatic carbocycles. The summed E-state index contributed by atoms with van der Waals surface area (Å²) in [5.74, 6) is 0.585. The molecule has 0 aliphatic heterocycles. The van der Waals surface area contributed by atoms with Crippen LogP contribution < -0.4 is 10.6 Å². The van der Waals surface area contributed by atoms with Crippen molar-refractivity contribution in [2.24, 2.45) is 0 Å². The lowest BCUT2D eigenvalue weighted by Gasteiger charge is -2.23. The summed E-state index contributed by atoms with van der Waals surface area (Å²) in [5.41, 5.74) is 0.731. The lowest BCUT2D eigenvalue weighted by atomic mass is 10.2. The van der Waals surface area contributed by atoms with Crippen molar-refractivity contribution < 1.29 is 5.11 Å². The van der Waals surface area contributed by atoms with E-state index in [1.165, 1.54) is 0 Å². The average Bonchev–Trinajstić information content (AvgIpc) is 2.81. The molecule has 0 saturated carbocycles. The molecule has 0 bridgehead atoms. The molecule has 3 N–H and O–H groups in total. The maximum atomic E-state index is 11.0. The van der Waals surface area contributed by atoms with Crippen molar-refractivity contribution in [3.63, 3.8) is 0 Å². The summed E-state index contributed by atoms with van der Waals surface area (Å²) in [5, 5.41) is 15.2. The minimum absolute atomic E-state index is 0.139. The number of aromatic amines is 2. The quantitative estimate of drug-likeness (QED) is 0.694. The molecule has 0 unspecified atom stereocenters. The van der Waals surface area contributed by atoms with Crippen LogP contribution in [0.3, 0.4) is 0 Å². The Morgan fingerprint density at radius 3 is 2.67 bits per heavy atom. The summed E-state index contributed by atoms with van der Waals surface area (Å²) in [4.78, 5) is 15.7. The zero-order valence-corrected chi connectivity index (χ0v) is 9.97. The molecule has 0 saturated heterocycles. The molecular weight excluding hydrogens is 232 g/mol. The Bertz CT molecular complexity index is 520. The highest BCUT2D eigenvalue weighted by Gasteiger charge is 2.08. The second-order valence-electron chi connectivity index (χ2n) is 3.96. The fraction of sp³-hybridized carbons (Fsp3) is 0.333. The van der Waals surface area contributed by atoms with E-state index >= 15 is 0 Å². The number of hydrogen-bond donors (Lipinski definition) is 3. The Hall–Kier alpha value is -2.08. The molecule has 2 rings (SSSR count). The molecule has 6 heteroatoms. The number of aliphatic hydroxyl groups is 1. The number of aromatic nitrogens is 3. The third kappa shape index (κ3) is 3.21. The van der Waals surface area contributed by atoms with Crippen molar-refractivity contribution >= 4 is 5.69 Å². The van der Waals surface area contributed by atoms with Crippen LogP contribution in [-0.4, -0.2) is 33.4 Å². The van der Waals surface area contributed by atoms with Crippen molar-refractivity contribution in [3.05, 3.63) is 46.6 Å². The monoisotopic (exact) mass is 248 g/mol. The van der Waals surface area contributed by atoms with Crippen molar-refractivity contribution in [1.82, 2.24) is 15.2 Å². The number of rotatable bonds is 6. The van der Waals surface area contributed by atoms with Gasteiger partial charge in [0.1, 0.15) is 5.82 Å². The normalized spacial score (nSPS) is 10.5. The molecule has 0 aliphatic rings. The third-order valence-corrected chi connectivity index (χ3v) is 2.60. The number of para-hydroxylation sites is 1. The molecule has 18 heavy (non-hydrogen) atoms. The average molecular weight is 248 g/mol. The van der Waals surface area contributed by atoms with Crippen molar-refractivity contribution in [2.45, 2.75) is 13.0 Å². The molecular formula is C12H16N4O2. The molecule has 1 heterocycles. The molecule has 2 aromatic rings. The number of nitrogens with one attached hydrogen (secondary N) is 2. The van der Waals surface area contributed by atoms with Gasteiger partial charge in [0.15, 0.2) is 0 Å². The van der Waals surface area contributed by atoms with Gasteiger partial charge in [-0.3, -0.25) is 4.98 Å². The van der Waals surface area contributed by atoms with E-state index in [1.54, 1.807) is 0 Å². The van der Waals surface area contributed by atoms with Gasteiger partial charge in [0.2, 0.25) is 0 Å².